The Morgan fingerprint density at radius 2 is 2.11 bits per heavy atom. The highest BCUT2D eigenvalue weighted by Crippen LogP contribution is 2.26. The minimum Gasteiger partial charge on any atom is -0.480 e. The van der Waals surface area contributed by atoms with Crippen molar-refractivity contribution in [1.82, 2.24) is 10.6 Å². The molecule has 0 saturated heterocycles. The zero-order chi connectivity index (χ0) is 13.7. The van der Waals surface area contributed by atoms with E-state index in [1.165, 1.54) is 32.2 Å². The van der Waals surface area contributed by atoms with Crippen LogP contribution in [0.4, 0.5) is 9.18 Å². The maximum absolute atomic E-state index is 12.8. The van der Waals surface area contributed by atoms with Crippen LogP contribution < -0.4 is 15.4 Å². The second kappa shape index (κ2) is 6.34. The maximum atomic E-state index is 12.8. The molecule has 0 saturated carbocycles. The maximum Gasteiger partial charge on any atom is 0.321 e. The smallest absolute Gasteiger partial charge is 0.321 e. The number of carbonyl (C=O) groups excluding carboxylic acids is 2. The van der Waals surface area contributed by atoms with E-state index < -0.39 is 23.9 Å². The number of hydrogen-bond donors (Lipinski definition) is 2. The molecule has 7 heteroatoms. The predicted octanol–water partition coefficient (Wildman–Crippen LogP) is 1.81. The highest BCUT2D eigenvalue weighted by Gasteiger charge is 2.17. The van der Waals surface area contributed by atoms with Gasteiger partial charge in [-0.25, -0.2) is 9.18 Å². The quantitative estimate of drug-likeness (QED) is 0.893. The first-order valence-electron chi connectivity index (χ1n) is 5.08. The fourth-order valence-electron chi connectivity index (χ4n) is 1.09. The summed E-state index contributed by atoms with van der Waals surface area (Å²) in [6.07, 6.45) is -0.885. The summed E-state index contributed by atoms with van der Waals surface area (Å²) in [6.45, 7) is 1.48. The van der Waals surface area contributed by atoms with Gasteiger partial charge in [-0.05, 0) is 41.1 Å². The van der Waals surface area contributed by atoms with E-state index in [0.717, 1.165) is 0 Å². The largest absolute Gasteiger partial charge is 0.480 e. The molecule has 0 radical (unpaired) electrons. The van der Waals surface area contributed by atoms with Gasteiger partial charge >= 0.3 is 6.03 Å². The molecule has 0 fully saturated rings. The number of halogens is 2. The van der Waals surface area contributed by atoms with E-state index in [1.807, 2.05) is 0 Å². The Bertz CT molecular complexity index is 468. The van der Waals surface area contributed by atoms with Gasteiger partial charge in [-0.15, -0.1) is 0 Å². The molecule has 0 spiro atoms. The molecular weight excluding hydrogens is 307 g/mol. The molecule has 0 bridgehead atoms. The molecule has 5 nitrogen and oxygen atoms in total. The Kier molecular flexibility index (Phi) is 5.08. The lowest BCUT2D eigenvalue weighted by atomic mass is 10.3. The van der Waals surface area contributed by atoms with Crippen LogP contribution in [0.3, 0.4) is 0 Å². The van der Waals surface area contributed by atoms with Crippen molar-refractivity contribution in [3.63, 3.8) is 0 Å². The number of carbonyl (C=O) groups is 2. The van der Waals surface area contributed by atoms with Crippen LogP contribution in [0.15, 0.2) is 22.7 Å². The second-order valence-corrected chi connectivity index (χ2v) is 4.26. The summed E-state index contributed by atoms with van der Waals surface area (Å²) in [4.78, 5) is 22.4. The normalized spacial score (nSPS) is 11.6. The van der Waals surface area contributed by atoms with Gasteiger partial charge < -0.3 is 10.1 Å². The fraction of sp³-hybridized carbons (Fsp3) is 0.273. The van der Waals surface area contributed by atoms with Crippen LogP contribution in [-0.4, -0.2) is 25.1 Å². The summed E-state index contributed by atoms with van der Waals surface area (Å²) in [5, 5.41) is 4.33. The summed E-state index contributed by atoms with van der Waals surface area (Å²) in [5.41, 5.74) is 0. The van der Waals surface area contributed by atoms with Crippen molar-refractivity contribution >= 4 is 27.9 Å². The molecule has 2 N–H and O–H groups in total. The monoisotopic (exact) mass is 318 g/mol. The summed E-state index contributed by atoms with van der Waals surface area (Å²) < 4.78 is 18.5. The van der Waals surface area contributed by atoms with Crippen molar-refractivity contribution < 1.29 is 18.7 Å². The third kappa shape index (κ3) is 3.99. The van der Waals surface area contributed by atoms with Crippen molar-refractivity contribution in [2.24, 2.45) is 0 Å². The summed E-state index contributed by atoms with van der Waals surface area (Å²) in [6, 6.07) is 3.21. The number of hydrogen-bond acceptors (Lipinski definition) is 3. The van der Waals surface area contributed by atoms with Crippen LogP contribution in [0.5, 0.6) is 5.75 Å². The predicted molar refractivity (Wildman–Crippen MR) is 66.8 cm³/mol. The zero-order valence-electron chi connectivity index (χ0n) is 9.79. The number of benzene rings is 1. The minimum absolute atomic E-state index is 0.316. The van der Waals surface area contributed by atoms with Crippen LogP contribution in [0.25, 0.3) is 0 Å². The van der Waals surface area contributed by atoms with E-state index in [1.54, 1.807) is 0 Å². The van der Waals surface area contributed by atoms with E-state index in [0.29, 0.717) is 10.2 Å². The SMILES string of the molecule is CNC(=O)NC(=O)[C@H](C)Oc1ccc(F)cc1Br. The Hall–Kier alpha value is -1.63. The lowest BCUT2D eigenvalue weighted by molar-refractivity contribution is -0.126. The van der Waals surface area contributed by atoms with E-state index in [2.05, 4.69) is 26.6 Å². The number of ether oxygens (including phenoxy) is 1. The van der Waals surface area contributed by atoms with E-state index in [9.17, 15) is 14.0 Å². The average molecular weight is 319 g/mol. The molecule has 0 aliphatic rings. The molecule has 1 atom stereocenters. The van der Waals surface area contributed by atoms with E-state index in [-0.39, 0.29) is 0 Å². The van der Waals surface area contributed by atoms with Crippen molar-refractivity contribution in [1.29, 1.82) is 0 Å². The Labute approximate surface area is 112 Å². The minimum atomic E-state index is -0.885. The van der Waals surface area contributed by atoms with Gasteiger partial charge in [-0.3, -0.25) is 10.1 Å². The van der Waals surface area contributed by atoms with Gasteiger partial charge in [-0.2, -0.15) is 0 Å². The topological polar surface area (TPSA) is 67.4 Å². The van der Waals surface area contributed by atoms with Gasteiger partial charge in [0.1, 0.15) is 11.6 Å². The van der Waals surface area contributed by atoms with Crippen molar-refractivity contribution in [2.75, 3.05) is 7.05 Å². The Morgan fingerprint density at radius 3 is 2.67 bits per heavy atom. The molecule has 18 heavy (non-hydrogen) atoms. The number of urea groups is 1. The van der Waals surface area contributed by atoms with Crippen LogP contribution >= 0.6 is 15.9 Å². The van der Waals surface area contributed by atoms with Gasteiger partial charge in [0.2, 0.25) is 0 Å². The lowest BCUT2D eigenvalue weighted by Gasteiger charge is -2.15. The number of rotatable bonds is 3. The van der Waals surface area contributed by atoms with Gasteiger partial charge in [-0.1, -0.05) is 0 Å². The molecule has 3 amide bonds. The van der Waals surface area contributed by atoms with Crippen LogP contribution in [0.1, 0.15) is 6.92 Å². The van der Waals surface area contributed by atoms with Crippen LogP contribution in [-0.2, 0) is 4.79 Å². The number of imide groups is 1. The van der Waals surface area contributed by atoms with E-state index >= 15 is 0 Å². The first kappa shape index (κ1) is 14.4. The van der Waals surface area contributed by atoms with Gasteiger partial charge in [0.05, 0.1) is 4.47 Å². The van der Waals surface area contributed by atoms with Crippen LogP contribution in [0, 0.1) is 5.82 Å². The summed E-state index contributed by atoms with van der Waals surface area (Å²) in [7, 11) is 1.39. The first-order chi connectivity index (χ1) is 8.43. The van der Waals surface area contributed by atoms with Crippen molar-refractivity contribution in [2.45, 2.75) is 13.0 Å². The van der Waals surface area contributed by atoms with Gasteiger partial charge in [0.25, 0.3) is 5.91 Å². The van der Waals surface area contributed by atoms with Gasteiger partial charge in [0.15, 0.2) is 6.10 Å². The molecule has 98 valence electrons. The summed E-state index contributed by atoms with van der Waals surface area (Å²) in [5.74, 6) is -0.696. The second-order valence-electron chi connectivity index (χ2n) is 3.40. The van der Waals surface area contributed by atoms with Gasteiger partial charge in [0, 0.05) is 7.05 Å². The zero-order valence-corrected chi connectivity index (χ0v) is 11.4. The molecule has 0 heterocycles. The number of amides is 3. The van der Waals surface area contributed by atoms with Crippen LogP contribution in [0.2, 0.25) is 0 Å². The van der Waals surface area contributed by atoms with Crippen molar-refractivity contribution in [3.05, 3.63) is 28.5 Å². The standard InChI is InChI=1S/C11H12BrFN2O3/c1-6(10(16)15-11(17)14-2)18-9-4-3-7(13)5-8(9)12/h3-6H,1-2H3,(H2,14,15,16,17)/t6-/m0/s1. The molecule has 0 aromatic heterocycles. The highest BCUT2D eigenvalue weighted by molar-refractivity contribution is 9.10. The average Bonchev–Trinajstić information content (AvgIpc) is 2.32. The number of nitrogens with one attached hydrogen (secondary N) is 2. The third-order valence-electron chi connectivity index (χ3n) is 2.03. The molecule has 0 aliphatic carbocycles. The molecular formula is C11H12BrFN2O3. The lowest BCUT2D eigenvalue weighted by Crippen LogP contribution is -2.44. The molecule has 1 aromatic carbocycles. The Balaban J connectivity index is 2.66. The highest BCUT2D eigenvalue weighted by atomic mass is 79.9. The third-order valence-corrected chi connectivity index (χ3v) is 2.65. The van der Waals surface area contributed by atoms with Crippen molar-refractivity contribution in [3.8, 4) is 5.75 Å². The molecule has 0 aliphatic heterocycles. The summed E-state index contributed by atoms with van der Waals surface area (Å²) >= 11 is 3.11. The molecule has 1 aromatic rings. The fourth-order valence-corrected chi connectivity index (χ4v) is 1.54. The first-order valence-corrected chi connectivity index (χ1v) is 5.87. The molecule has 1 rings (SSSR count). The molecule has 0 unspecified atom stereocenters. The van der Waals surface area contributed by atoms with E-state index in [4.69, 9.17) is 4.74 Å². The Morgan fingerprint density at radius 1 is 1.44 bits per heavy atom.